The van der Waals surface area contributed by atoms with Gasteiger partial charge >= 0.3 is 0 Å². The van der Waals surface area contributed by atoms with Gasteiger partial charge in [0.15, 0.2) is 0 Å². The Morgan fingerprint density at radius 3 is 2.37 bits per heavy atom. The molecule has 0 fully saturated rings. The average molecular weight is 521 g/mol. The fourth-order valence-corrected chi connectivity index (χ4v) is 3.99. The number of ether oxygens (including phenoxy) is 2. The molecular weight excluding hydrogens is 480 g/mol. The summed E-state index contributed by atoms with van der Waals surface area (Å²) in [5.74, 6) is 1.34. The molecule has 0 saturated carbocycles. The maximum absolute atomic E-state index is 13.6. The molecule has 8 heteroatoms. The van der Waals surface area contributed by atoms with Crippen LogP contribution in [-0.4, -0.2) is 53.8 Å². The van der Waals surface area contributed by atoms with E-state index in [2.05, 4.69) is 39.9 Å². The van der Waals surface area contributed by atoms with Gasteiger partial charge in [-0.1, -0.05) is 52.8 Å². The second-order valence-electron chi connectivity index (χ2n) is 10.9. The number of methoxy groups -OCH3 is 2. The number of hydrogen-bond donors (Lipinski definition) is 1. The molecule has 0 saturated heterocycles. The molecule has 1 heterocycles. The number of carbonyl (C=O) groups is 2. The van der Waals surface area contributed by atoms with Gasteiger partial charge in [0.1, 0.15) is 23.9 Å². The van der Waals surface area contributed by atoms with Gasteiger partial charge in [-0.15, -0.1) is 0 Å². The highest BCUT2D eigenvalue weighted by molar-refractivity contribution is 6.01. The quantitative estimate of drug-likeness (QED) is 0.375. The van der Waals surface area contributed by atoms with Crippen LogP contribution in [0, 0.1) is 12.8 Å². The highest BCUT2D eigenvalue weighted by atomic mass is 16.5. The van der Waals surface area contributed by atoms with Crippen LogP contribution < -0.4 is 14.8 Å². The van der Waals surface area contributed by atoms with E-state index >= 15 is 0 Å². The van der Waals surface area contributed by atoms with E-state index in [4.69, 9.17) is 14.6 Å². The highest BCUT2D eigenvalue weighted by Crippen LogP contribution is 2.28. The first-order valence-corrected chi connectivity index (χ1v) is 12.9. The molecule has 38 heavy (non-hydrogen) atoms. The Bertz CT molecular complexity index is 1270. The van der Waals surface area contributed by atoms with Crippen molar-refractivity contribution in [2.24, 2.45) is 5.92 Å². The Hall–Kier alpha value is -3.81. The Balaban J connectivity index is 1.91. The van der Waals surface area contributed by atoms with Crippen LogP contribution in [-0.2, 0) is 10.2 Å². The smallest absolute Gasteiger partial charge is 0.258 e. The van der Waals surface area contributed by atoms with Crippen LogP contribution in [0.15, 0.2) is 48.5 Å². The number of carbonyl (C=O) groups excluding carboxylic acids is 2. The molecule has 2 aromatic carbocycles. The summed E-state index contributed by atoms with van der Waals surface area (Å²) in [7, 11) is 3.07. The van der Waals surface area contributed by atoms with E-state index in [1.807, 2.05) is 37.3 Å². The summed E-state index contributed by atoms with van der Waals surface area (Å²) >= 11 is 0. The molecule has 3 rings (SSSR count). The van der Waals surface area contributed by atoms with Crippen LogP contribution in [0.4, 0.5) is 5.82 Å². The number of amides is 2. The van der Waals surface area contributed by atoms with E-state index in [0.29, 0.717) is 35.3 Å². The lowest BCUT2D eigenvalue weighted by Crippen LogP contribution is -2.39. The van der Waals surface area contributed by atoms with E-state index in [1.165, 1.54) is 7.11 Å². The lowest BCUT2D eigenvalue weighted by Gasteiger charge is -2.24. The Kier molecular flexibility index (Phi) is 9.20. The Labute approximate surface area is 225 Å². The summed E-state index contributed by atoms with van der Waals surface area (Å²) in [6.07, 6.45) is 0.757. The number of nitrogens with zero attached hydrogens (tertiary/aromatic N) is 3. The molecule has 3 aromatic rings. The molecular formula is C30H40N4O4. The first-order chi connectivity index (χ1) is 17.9. The van der Waals surface area contributed by atoms with E-state index in [-0.39, 0.29) is 23.8 Å². The standard InChI is InChI=1S/C30H40N4O4/c1-20(2)15-16-33(29(36)23-14-13-22(37-7)17-25(23)38-8)19-28(35)31-27-18-26(30(4,5)6)32-34(27)24-12-10-9-11-21(24)3/h9-14,17-18,20H,15-16,19H2,1-8H3,(H,31,35). The summed E-state index contributed by atoms with van der Waals surface area (Å²) in [6, 6.07) is 14.8. The number of para-hydroxylation sites is 1. The number of aryl methyl sites for hydroxylation is 1. The number of benzene rings is 2. The minimum absolute atomic E-state index is 0.107. The maximum atomic E-state index is 13.6. The molecule has 0 spiro atoms. The predicted molar refractivity (Wildman–Crippen MR) is 151 cm³/mol. The number of aromatic nitrogens is 2. The zero-order chi connectivity index (χ0) is 28.0. The van der Waals surface area contributed by atoms with Crippen molar-refractivity contribution >= 4 is 17.6 Å². The molecule has 0 bridgehead atoms. The molecule has 204 valence electrons. The third-order valence-corrected chi connectivity index (χ3v) is 6.33. The van der Waals surface area contributed by atoms with Crippen molar-refractivity contribution in [3.8, 4) is 17.2 Å². The van der Waals surface area contributed by atoms with Crippen molar-refractivity contribution < 1.29 is 19.1 Å². The Morgan fingerprint density at radius 2 is 1.76 bits per heavy atom. The van der Waals surface area contributed by atoms with Crippen LogP contribution >= 0.6 is 0 Å². The largest absolute Gasteiger partial charge is 0.497 e. The lowest BCUT2D eigenvalue weighted by molar-refractivity contribution is -0.117. The van der Waals surface area contributed by atoms with Gasteiger partial charge in [0.05, 0.1) is 31.2 Å². The normalized spacial score (nSPS) is 11.4. The molecule has 1 N–H and O–H groups in total. The van der Waals surface area contributed by atoms with Gasteiger partial charge in [-0.25, -0.2) is 4.68 Å². The molecule has 0 aliphatic heterocycles. The molecule has 0 aliphatic carbocycles. The molecule has 8 nitrogen and oxygen atoms in total. The Morgan fingerprint density at radius 1 is 1.05 bits per heavy atom. The second-order valence-corrected chi connectivity index (χ2v) is 10.9. The second kappa shape index (κ2) is 12.2. The van der Waals surface area contributed by atoms with Crippen molar-refractivity contribution in [1.29, 1.82) is 0 Å². The minimum Gasteiger partial charge on any atom is -0.497 e. The zero-order valence-electron chi connectivity index (χ0n) is 23.8. The number of rotatable bonds is 10. The molecule has 0 aliphatic rings. The number of hydrogen-bond acceptors (Lipinski definition) is 5. The van der Waals surface area contributed by atoms with Crippen LogP contribution in [0.3, 0.4) is 0 Å². The van der Waals surface area contributed by atoms with Crippen LogP contribution in [0.2, 0.25) is 0 Å². The van der Waals surface area contributed by atoms with Crippen LogP contribution in [0.1, 0.15) is 62.7 Å². The first-order valence-electron chi connectivity index (χ1n) is 12.9. The lowest BCUT2D eigenvalue weighted by atomic mass is 9.92. The monoisotopic (exact) mass is 520 g/mol. The number of nitrogens with one attached hydrogen (secondary N) is 1. The fraction of sp³-hybridized carbons (Fsp3) is 0.433. The zero-order valence-corrected chi connectivity index (χ0v) is 23.8. The van der Waals surface area contributed by atoms with E-state index in [0.717, 1.165) is 23.4 Å². The van der Waals surface area contributed by atoms with E-state index in [9.17, 15) is 9.59 Å². The molecule has 0 unspecified atom stereocenters. The highest BCUT2D eigenvalue weighted by Gasteiger charge is 2.25. The third-order valence-electron chi connectivity index (χ3n) is 6.33. The van der Waals surface area contributed by atoms with Crippen molar-refractivity contribution in [2.75, 3.05) is 32.6 Å². The molecule has 2 amide bonds. The summed E-state index contributed by atoms with van der Waals surface area (Å²) in [5.41, 5.74) is 2.94. The van der Waals surface area contributed by atoms with Gasteiger partial charge < -0.3 is 19.7 Å². The van der Waals surface area contributed by atoms with Crippen molar-refractivity contribution in [1.82, 2.24) is 14.7 Å². The van der Waals surface area contributed by atoms with Gasteiger partial charge in [0.25, 0.3) is 5.91 Å². The van der Waals surface area contributed by atoms with E-state index in [1.54, 1.807) is 34.9 Å². The summed E-state index contributed by atoms with van der Waals surface area (Å²) in [4.78, 5) is 28.6. The maximum Gasteiger partial charge on any atom is 0.258 e. The van der Waals surface area contributed by atoms with Gasteiger partial charge in [-0.3, -0.25) is 9.59 Å². The van der Waals surface area contributed by atoms with E-state index < -0.39 is 0 Å². The molecule has 0 atom stereocenters. The molecule has 1 aromatic heterocycles. The summed E-state index contributed by atoms with van der Waals surface area (Å²) in [6.45, 7) is 12.8. The SMILES string of the molecule is COc1ccc(C(=O)N(CCC(C)C)CC(=O)Nc2cc(C(C)(C)C)nn2-c2ccccc2C)c(OC)c1. The van der Waals surface area contributed by atoms with Gasteiger partial charge in [-0.05, 0) is 43.0 Å². The van der Waals surface area contributed by atoms with Crippen LogP contribution in [0.25, 0.3) is 5.69 Å². The topological polar surface area (TPSA) is 85.7 Å². The number of anilines is 1. The minimum atomic E-state index is -0.301. The van der Waals surface area contributed by atoms with Crippen molar-refractivity contribution in [2.45, 2.75) is 53.4 Å². The summed E-state index contributed by atoms with van der Waals surface area (Å²) < 4.78 is 12.5. The van der Waals surface area contributed by atoms with Gasteiger partial charge in [-0.2, -0.15) is 5.10 Å². The van der Waals surface area contributed by atoms with Crippen molar-refractivity contribution in [3.63, 3.8) is 0 Å². The van der Waals surface area contributed by atoms with Gasteiger partial charge in [0, 0.05) is 24.1 Å². The average Bonchev–Trinajstić information content (AvgIpc) is 3.29. The third kappa shape index (κ3) is 6.94. The fourth-order valence-electron chi connectivity index (χ4n) is 3.99. The predicted octanol–water partition coefficient (Wildman–Crippen LogP) is 5.62. The van der Waals surface area contributed by atoms with Crippen molar-refractivity contribution in [3.05, 3.63) is 65.4 Å². The van der Waals surface area contributed by atoms with Gasteiger partial charge in [0.2, 0.25) is 5.91 Å². The molecule has 0 radical (unpaired) electrons. The summed E-state index contributed by atoms with van der Waals surface area (Å²) in [5, 5.41) is 7.84. The van der Waals surface area contributed by atoms with Crippen LogP contribution in [0.5, 0.6) is 11.5 Å². The first kappa shape index (κ1) is 28.8.